The van der Waals surface area contributed by atoms with Crippen molar-refractivity contribution in [2.75, 3.05) is 20.6 Å². The lowest BCUT2D eigenvalue weighted by molar-refractivity contribution is -0.159. The minimum Gasteiger partial charge on any atom is -0.473 e. The zero-order valence-electron chi connectivity index (χ0n) is 16.8. The molecular weight excluding hydrogens is 391 g/mol. The van der Waals surface area contributed by atoms with Crippen LogP contribution in [0.15, 0.2) is 42.5 Å². The minimum absolute atomic E-state index is 0.258. The number of nitriles is 1. The second-order valence-corrected chi connectivity index (χ2v) is 7.12. The molecule has 0 unspecified atom stereocenters. The van der Waals surface area contributed by atoms with Crippen LogP contribution in [0.3, 0.4) is 0 Å². The molecule has 0 spiro atoms. The maximum absolute atomic E-state index is 13.4. The summed E-state index contributed by atoms with van der Waals surface area (Å²) < 4.78 is 19.6. The first kappa shape index (κ1) is 23.0. The smallest absolute Gasteiger partial charge is 0.414 e. The molecule has 0 aliphatic carbocycles. The molecule has 0 fully saturated rings. The molecule has 2 N–H and O–H groups in total. The van der Waals surface area contributed by atoms with Crippen LogP contribution in [0.1, 0.15) is 35.1 Å². The number of benzene rings is 2. The Kier molecular flexibility index (Phi) is 7.64. The molecule has 1 aliphatic rings. The van der Waals surface area contributed by atoms with E-state index in [4.69, 9.17) is 24.5 Å². The van der Waals surface area contributed by atoms with Gasteiger partial charge >= 0.3 is 11.9 Å². The Labute approximate surface area is 173 Å². The van der Waals surface area contributed by atoms with Crippen molar-refractivity contribution >= 4 is 11.9 Å². The number of aliphatic carboxylic acids is 2. The Hall–Kier alpha value is -3.28. The monoisotopic (exact) mass is 414 g/mol. The third-order valence-electron chi connectivity index (χ3n) is 4.78. The topological polar surface area (TPSA) is 111 Å². The lowest BCUT2D eigenvalue weighted by Crippen LogP contribution is -2.28. The molecule has 8 heteroatoms. The Morgan fingerprint density at radius 1 is 1.17 bits per heavy atom. The van der Waals surface area contributed by atoms with Crippen LogP contribution in [0.5, 0.6) is 0 Å². The Balaban J connectivity index is 0.000000469. The molecule has 0 saturated heterocycles. The van der Waals surface area contributed by atoms with Gasteiger partial charge in [-0.05, 0) is 74.4 Å². The maximum atomic E-state index is 13.4. The van der Waals surface area contributed by atoms with Crippen molar-refractivity contribution in [3.63, 3.8) is 0 Å². The van der Waals surface area contributed by atoms with E-state index in [1.165, 1.54) is 12.1 Å². The summed E-state index contributed by atoms with van der Waals surface area (Å²) in [7, 11) is 4.09. The Morgan fingerprint density at radius 2 is 1.80 bits per heavy atom. The van der Waals surface area contributed by atoms with Crippen LogP contribution < -0.4 is 0 Å². The van der Waals surface area contributed by atoms with Crippen LogP contribution >= 0.6 is 0 Å². The fourth-order valence-electron chi connectivity index (χ4n) is 3.38. The molecule has 3 rings (SSSR count). The van der Waals surface area contributed by atoms with Gasteiger partial charge in [0.15, 0.2) is 0 Å². The normalized spacial score (nSPS) is 16.9. The standard InChI is InChI=1S/C20H21FN2O.C2H2O4/c1-23(2)11-3-10-20(17-6-8-18(21)9-7-17)19-12-15(13-22)4-5-16(19)14-24-20;3-1(4)2(5)6/h4-9,12H,3,10-11,14H2,1-2H3;(H,3,4)(H,5,6)/t20-;/m0./s1. The minimum atomic E-state index is -1.82. The number of ether oxygens (including phenoxy) is 1. The van der Waals surface area contributed by atoms with Crippen LogP contribution in [0, 0.1) is 17.1 Å². The molecule has 1 heterocycles. The van der Waals surface area contributed by atoms with Gasteiger partial charge in [-0.25, -0.2) is 14.0 Å². The molecule has 0 aromatic heterocycles. The van der Waals surface area contributed by atoms with Gasteiger partial charge < -0.3 is 19.8 Å². The van der Waals surface area contributed by atoms with E-state index >= 15 is 0 Å². The van der Waals surface area contributed by atoms with Gasteiger partial charge in [-0.2, -0.15) is 5.26 Å². The summed E-state index contributed by atoms with van der Waals surface area (Å²) in [6, 6.07) is 14.4. The largest absolute Gasteiger partial charge is 0.473 e. The number of fused-ring (bicyclic) bond motifs is 1. The zero-order chi connectivity index (χ0) is 22.3. The van der Waals surface area contributed by atoms with E-state index in [-0.39, 0.29) is 5.82 Å². The number of nitrogens with zero attached hydrogens (tertiary/aromatic N) is 2. The molecule has 30 heavy (non-hydrogen) atoms. The van der Waals surface area contributed by atoms with Crippen molar-refractivity contribution in [2.24, 2.45) is 0 Å². The predicted molar refractivity (Wildman–Crippen MR) is 106 cm³/mol. The highest BCUT2D eigenvalue weighted by Gasteiger charge is 2.41. The first-order chi connectivity index (χ1) is 14.2. The lowest BCUT2D eigenvalue weighted by Gasteiger charge is -2.31. The molecule has 7 nitrogen and oxygen atoms in total. The van der Waals surface area contributed by atoms with Crippen LogP contribution in [0.2, 0.25) is 0 Å². The quantitative estimate of drug-likeness (QED) is 0.724. The van der Waals surface area contributed by atoms with E-state index in [0.717, 1.165) is 36.1 Å². The van der Waals surface area contributed by atoms with E-state index in [1.54, 1.807) is 12.1 Å². The van der Waals surface area contributed by atoms with Gasteiger partial charge in [0.2, 0.25) is 0 Å². The highest BCUT2D eigenvalue weighted by molar-refractivity contribution is 6.27. The summed E-state index contributed by atoms with van der Waals surface area (Å²) in [5, 5.41) is 24.0. The van der Waals surface area contributed by atoms with E-state index in [1.807, 2.05) is 32.3 Å². The number of hydrogen-bond acceptors (Lipinski definition) is 5. The molecule has 0 radical (unpaired) electrons. The van der Waals surface area contributed by atoms with E-state index in [2.05, 4.69) is 11.0 Å². The summed E-state index contributed by atoms with van der Waals surface area (Å²) in [5.41, 5.74) is 3.09. The van der Waals surface area contributed by atoms with Crippen molar-refractivity contribution in [1.82, 2.24) is 4.90 Å². The van der Waals surface area contributed by atoms with Crippen molar-refractivity contribution in [3.8, 4) is 6.07 Å². The van der Waals surface area contributed by atoms with E-state index in [0.29, 0.717) is 12.2 Å². The van der Waals surface area contributed by atoms with Crippen molar-refractivity contribution in [3.05, 3.63) is 70.5 Å². The number of rotatable bonds is 5. The fourth-order valence-corrected chi connectivity index (χ4v) is 3.38. The SMILES string of the molecule is CN(C)CCC[C@@]1(c2ccc(F)cc2)OCc2ccc(C#N)cc21.O=C(O)C(=O)O. The third-order valence-corrected chi connectivity index (χ3v) is 4.78. The van der Waals surface area contributed by atoms with Crippen molar-refractivity contribution in [1.29, 1.82) is 5.26 Å². The van der Waals surface area contributed by atoms with Gasteiger partial charge in [0.05, 0.1) is 18.2 Å². The lowest BCUT2D eigenvalue weighted by atomic mass is 9.81. The van der Waals surface area contributed by atoms with Gasteiger partial charge in [-0.15, -0.1) is 0 Å². The number of hydrogen-bond donors (Lipinski definition) is 2. The number of carboxylic acid groups (broad SMARTS) is 2. The summed E-state index contributed by atoms with van der Waals surface area (Å²) >= 11 is 0. The fraction of sp³-hybridized carbons (Fsp3) is 0.318. The number of carboxylic acids is 2. The van der Waals surface area contributed by atoms with Gasteiger partial charge in [-0.3, -0.25) is 0 Å². The summed E-state index contributed by atoms with van der Waals surface area (Å²) in [6.07, 6.45) is 1.74. The molecule has 2 aromatic carbocycles. The average molecular weight is 414 g/mol. The maximum Gasteiger partial charge on any atom is 0.414 e. The van der Waals surface area contributed by atoms with Crippen LogP contribution in [0.4, 0.5) is 4.39 Å². The second kappa shape index (κ2) is 9.96. The molecule has 2 aromatic rings. The third kappa shape index (κ3) is 5.41. The van der Waals surface area contributed by atoms with E-state index < -0.39 is 17.5 Å². The molecule has 1 aliphatic heterocycles. The second-order valence-electron chi connectivity index (χ2n) is 7.12. The molecule has 0 saturated carbocycles. The van der Waals surface area contributed by atoms with Gasteiger partial charge in [0.25, 0.3) is 0 Å². The van der Waals surface area contributed by atoms with Crippen LogP contribution in [-0.4, -0.2) is 47.7 Å². The Bertz CT molecular complexity index is 941. The molecule has 1 atom stereocenters. The average Bonchev–Trinajstić information content (AvgIpc) is 3.07. The summed E-state index contributed by atoms with van der Waals surface area (Å²) in [6.45, 7) is 1.46. The van der Waals surface area contributed by atoms with Crippen LogP contribution in [-0.2, 0) is 26.5 Å². The predicted octanol–water partition coefficient (Wildman–Crippen LogP) is 2.97. The van der Waals surface area contributed by atoms with Gasteiger partial charge in [0, 0.05) is 0 Å². The first-order valence-electron chi connectivity index (χ1n) is 9.24. The molecule has 158 valence electrons. The zero-order valence-corrected chi connectivity index (χ0v) is 16.8. The molecular formula is C22H23FN2O5. The summed E-state index contributed by atoms with van der Waals surface area (Å²) in [5.74, 6) is -3.91. The first-order valence-corrected chi connectivity index (χ1v) is 9.24. The van der Waals surface area contributed by atoms with Gasteiger partial charge in [0.1, 0.15) is 11.4 Å². The number of halogens is 1. The van der Waals surface area contributed by atoms with Gasteiger partial charge in [-0.1, -0.05) is 18.2 Å². The number of carbonyl (C=O) groups is 2. The highest BCUT2D eigenvalue weighted by atomic mass is 19.1. The summed E-state index contributed by atoms with van der Waals surface area (Å²) in [4.78, 5) is 20.3. The van der Waals surface area contributed by atoms with Crippen molar-refractivity contribution in [2.45, 2.75) is 25.0 Å². The molecule has 0 amide bonds. The Morgan fingerprint density at radius 3 is 2.33 bits per heavy atom. The molecule has 0 bridgehead atoms. The van der Waals surface area contributed by atoms with E-state index in [9.17, 15) is 9.65 Å². The van der Waals surface area contributed by atoms with Crippen LogP contribution in [0.25, 0.3) is 0 Å². The van der Waals surface area contributed by atoms with Crippen molar-refractivity contribution < 1.29 is 28.9 Å². The highest BCUT2D eigenvalue weighted by Crippen LogP contribution is 2.45.